The molecule has 24 heavy (non-hydrogen) atoms. The minimum atomic E-state index is -0.421. The van der Waals surface area contributed by atoms with Crippen molar-refractivity contribution in [2.24, 2.45) is 0 Å². The number of pyridine rings is 1. The number of carbonyl (C=O) groups excluding carboxylic acids is 1. The quantitative estimate of drug-likeness (QED) is 0.521. The number of nitrogens with zero attached hydrogens (tertiary/aromatic N) is 2. The Kier molecular flexibility index (Phi) is 3.34. The summed E-state index contributed by atoms with van der Waals surface area (Å²) in [7, 11) is 0. The SMILES string of the molecule is O=C1CCCc2nc3ccc([N+](=O)[O-])cc3c(-c3ccccc3)c21. The Hall–Kier alpha value is -3.08. The molecule has 0 aliphatic heterocycles. The molecule has 4 rings (SSSR count). The van der Waals surface area contributed by atoms with Crippen LogP contribution >= 0.6 is 0 Å². The molecule has 1 aliphatic rings. The van der Waals surface area contributed by atoms with Gasteiger partial charge in [0.05, 0.1) is 16.1 Å². The van der Waals surface area contributed by atoms with Gasteiger partial charge in [0.25, 0.3) is 5.69 Å². The summed E-state index contributed by atoms with van der Waals surface area (Å²) in [6, 6.07) is 14.2. The number of nitro groups is 1. The lowest BCUT2D eigenvalue weighted by Crippen LogP contribution is -2.14. The minimum Gasteiger partial charge on any atom is -0.294 e. The summed E-state index contributed by atoms with van der Waals surface area (Å²) in [6.45, 7) is 0. The fourth-order valence-electron chi connectivity index (χ4n) is 3.34. The van der Waals surface area contributed by atoms with E-state index in [1.54, 1.807) is 6.07 Å². The van der Waals surface area contributed by atoms with Gasteiger partial charge in [-0.2, -0.15) is 0 Å². The Bertz CT molecular complexity index is 981. The molecule has 0 saturated carbocycles. The zero-order chi connectivity index (χ0) is 16.7. The van der Waals surface area contributed by atoms with E-state index in [1.807, 2.05) is 30.3 Å². The molecule has 1 aromatic heterocycles. The number of Topliss-reactive ketones (excluding diaryl/α,β-unsaturated/α-hetero) is 1. The van der Waals surface area contributed by atoms with Crippen LogP contribution in [0.1, 0.15) is 28.9 Å². The summed E-state index contributed by atoms with van der Waals surface area (Å²) in [5.41, 5.74) is 3.77. The summed E-state index contributed by atoms with van der Waals surface area (Å²) in [5.74, 6) is 0.0657. The van der Waals surface area contributed by atoms with Gasteiger partial charge in [-0.05, 0) is 24.5 Å². The predicted octanol–water partition coefficient (Wildman–Crippen LogP) is 4.33. The second-order valence-electron chi connectivity index (χ2n) is 5.91. The molecule has 0 atom stereocenters. The first-order chi connectivity index (χ1) is 11.6. The Morgan fingerprint density at radius 3 is 2.54 bits per heavy atom. The highest BCUT2D eigenvalue weighted by atomic mass is 16.6. The largest absolute Gasteiger partial charge is 0.294 e. The Morgan fingerprint density at radius 2 is 1.79 bits per heavy atom. The molecule has 2 aromatic carbocycles. The average Bonchev–Trinajstić information content (AvgIpc) is 2.60. The highest BCUT2D eigenvalue weighted by Crippen LogP contribution is 2.37. The zero-order valence-corrected chi connectivity index (χ0v) is 12.9. The number of nitro benzene ring substituents is 1. The lowest BCUT2D eigenvalue weighted by molar-refractivity contribution is -0.384. The number of hydrogen-bond acceptors (Lipinski definition) is 4. The van der Waals surface area contributed by atoms with E-state index in [9.17, 15) is 14.9 Å². The second kappa shape index (κ2) is 5.53. The number of non-ortho nitro benzene ring substituents is 1. The van der Waals surface area contributed by atoms with Crippen molar-refractivity contribution in [3.05, 3.63) is 69.9 Å². The third-order valence-electron chi connectivity index (χ3n) is 4.41. The van der Waals surface area contributed by atoms with Crippen LogP contribution in [0.3, 0.4) is 0 Å². The lowest BCUT2D eigenvalue weighted by atomic mass is 9.86. The van der Waals surface area contributed by atoms with Gasteiger partial charge in [-0.1, -0.05) is 30.3 Å². The molecular weight excluding hydrogens is 304 g/mol. The third kappa shape index (κ3) is 2.25. The van der Waals surface area contributed by atoms with Crippen molar-refractivity contribution in [3.8, 4) is 11.1 Å². The van der Waals surface area contributed by atoms with E-state index in [-0.39, 0.29) is 11.5 Å². The van der Waals surface area contributed by atoms with E-state index in [4.69, 9.17) is 0 Å². The number of rotatable bonds is 2. The average molecular weight is 318 g/mol. The van der Waals surface area contributed by atoms with Crippen LogP contribution < -0.4 is 0 Å². The first-order valence-corrected chi connectivity index (χ1v) is 7.85. The number of aromatic nitrogens is 1. The van der Waals surface area contributed by atoms with Crippen molar-refractivity contribution in [1.29, 1.82) is 0 Å². The van der Waals surface area contributed by atoms with Crippen LogP contribution in [0.5, 0.6) is 0 Å². The van der Waals surface area contributed by atoms with Gasteiger partial charge in [0.1, 0.15) is 0 Å². The normalized spacial score (nSPS) is 13.8. The molecule has 5 heteroatoms. The lowest BCUT2D eigenvalue weighted by Gasteiger charge is -2.20. The molecule has 1 aliphatic carbocycles. The second-order valence-corrected chi connectivity index (χ2v) is 5.91. The summed E-state index contributed by atoms with van der Waals surface area (Å²) in [6.07, 6.45) is 2.05. The fourth-order valence-corrected chi connectivity index (χ4v) is 3.34. The first kappa shape index (κ1) is 14.5. The summed E-state index contributed by atoms with van der Waals surface area (Å²) in [5, 5.41) is 11.8. The smallest absolute Gasteiger partial charge is 0.270 e. The van der Waals surface area contributed by atoms with Gasteiger partial charge in [-0.15, -0.1) is 0 Å². The molecule has 118 valence electrons. The van der Waals surface area contributed by atoms with Crippen LogP contribution in [0.15, 0.2) is 48.5 Å². The molecule has 0 radical (unpaired) electrons. The van der Waals surface area contributed by atoms with Crippen LogP contribution in [0.2, 0.25) is 0 Å². The van der Waals surface area contributed by atoms with Crippen LogP contribution in [-0.2, 0) is 6.42 Å². The van der Waals surface area contributed by atoms with Crippen molar-refractivity contribution in [1.82, 2.24) is 4.98 Å². The fraction of sp³-hybridized carbons (Fsp3) is 0.158. The van der Waals surface area contributed by atoms with E-state index in [0.29, 0.717) is 22.9 Å². The molecule has 0 spiro atoms. The van der Waals surface area contributed by atoms with E-state index < -0.39 is 4.92 Å². The number of ketones is 1. The summed E-state index contributed by atoms with van der Waals surface area (Å²) >= 11 is 0. The molecule has 0 saturated heterocycles. The maximum Gasteiger partial charge on any atom is 0.270 e. The van der Waals surface area contributed by atoms with E-state index in [0.717, 1.165) is 29.7 Å². The maximum atomic E-state index is 12.6. The van der Waals surface area contributed by atoms with Gasteiger partial charge in [0.2, 0.25) is 0 Å². The standard InChI is InChI=1S/C19H14N2O3/c22-17-8-4-7-16-19(17)18(12-5-2-1-3-6-12)14-11-13(21(23)24)9-10-15(14)20-16/h1-3,5-6,9-11H,4,7-8H2. The summed E-state index contributed by atoms with van der Waals surface area (Å²) in [4.78, 5) is 27.9. The van der Waals surface area contributed by atoms with Crippen LogP contribution in [0.25, 0.3) is 22.0 Å². The third-order valence-corrected chi connectivity index (χ3v) is 4.41. The summed E-state index contributed by atoms with van der Waals surface area (Å²) < 4.78 is 0. The Balaban J connectivity index is 2.14. The van der Waals surface area contributed by atoms with E-state index >= 15 is 0 Å². The Labute approximate surface area is 138 Å². The van der Waals surface area contributed by atoms with Crippen molar-refractivity contribution < 1.29 is 9.72 Å². The number of fused-ring (bicyclic) bond motifs is 2. The van der Waals surface area contributed by atoms with E-state index in [1.165, 1.54) is 12.1 Å². The van der Waals surface area contributed by atoms with Gasteiger partial charge < -0.3 is 0 Å². The molecule has 0 unspecified atom stereocenters. The van der Waals surface area contributed by atoms with Gasteiger partial charge in [0.15, 0.2) is 5.78 Å². The highest BCUT2D eigenvalue weighted by Gasteiger charge is 2.25. The Morgan fingerprint density at radius 1 is 1.00 bits per heavy atom. The van der Waals surface area contributed by atoms with Crippen molar-refractivity contribution in [2.75, 3.05) is 0 Å². The minimum absolute atomic E-state index is 0.00434. The van der Waals surface area contributed by atoms with Gasteiger partial charge in [-0.25, -0.2) is 0 Å². The van der Waals surface area contributed by atoms with Gasteiger partial charge >= 0.3 is 0 Å². The number of benzene rings is 2. The number of carbonyl (C=O) groups is 1. The zero-order valence-electron chi connectivity index (χ0n) is 12.9. The van der Waals surface area contributed by atoms with Crippen molar-refractivity contribution in [2.45, 2.75) is 19.3 Å². The van der Waals surface area contributed by atoms with Gasteiger partial charge in [0, 0.05) is 35.1 Å². The maximum absolute atomic E-state index is 12.6. The molecule has 0 N–H and O–H groups in total. The van der Waals surface area contributed by atoms with Crippen molar-refractivity contribution in [3.63, 3.8) is 0 Å². The molecular formula is C19H14N2O3. The molecule has 3 aromatic rings. The molecule has 0 fully saturated rings. The molecule has 5 nitrogen and oxygen atoms in total. The van der Waals surface area contributed by atoms with Gasteiger partial charge in [-0.3, -0.25) is 19.9 Å². The van der Waals surface area contributed by atoms with E-state index in [2.05, 4.69) is 4.98 Å². The monoisotopic (exact) mass is 318 g/mol. The topological polar surface area (TPSA) is 73.1 Å². The highest BCUT2D eigenvalue weighted by molar-refractivity contribution is 6.11. The van der Waals surface area contributed by atoms with Crippen LogP contribution in [0, 0.1) is 10.1 Å². The molecule has 0 bridgehead atoms. The van der Waals surface area contributed by atoms with Crippen LogP contribution in [0.4, 0.5) is 5.69 Å². The van der Waals surface area contributed by atoms with Crippen molar-refractivity contribution >= 4 is 22.4 Å². The first-order valence-electron chi connectivity index (χ1n) is 7.85. The number of hydrogen-bond donors (Lipinski definition) is 0. The number of aryl methyl sites for hydroxylation is 1. The van der Waals surface area contributed by atoms with Crippen LogP contribution in [-0.4, -0.2) is 15.7 Å². The molecule has 1 heterocycles. The molecule has 0 amide bonds. The predicted molar refractivity (Wildman–Crippen MR) is 91.1 cm³/mol.